The fourth-order valence-electron chi connectivity index (χ4n) is 5.35. The largest absolute Gasteiger partial charge is 0.496 e. The van der Waals surface area contributed by atoms with Crippen molar-refractivity contribution in [1.82, 2.24) is 4.57 Å². The maximum Gasteiger partial charge on any atom is 0.338 e. The highest BCUT2D eigenvalue weighted by molar-refractivity contribution is 9.10. The minimum atomic E-state index is -0.709. The Morgan fingerprint density at radius 1 is 1.05 bits per heavy atom. The first-order valence-corrected chi connectivity index (χ1v) is 15.7. The van der Waals surface area contributed by atoms with Crippen molar-refractivity contribution in [2.45, 2.75) is 26.5 Å². The summed E-state index contributed by atoms with van der Waals surface area (Å²) < 4.78 is 19.7. The van der Waals surface area contributed by atoms with Gasteiger partial charge < -0.3 is 14.2 Å². The van der Waals surface area contributed by atoms with Gasteiger partial charge in [-0.15, -0.1) is 0 Å². The van der Waals surface area contributed by atoms with Crippen molar-refractivity contribution in [1.29, 1.82) is 0 Å². The number of allylic oxidation sites excluding steroid dienone is 1. The molecule has 2 heterocycles. The molecular formula is C35H29BrN2O5S. The molecule has 1 aliphatic heterocycles. The lowest BCUT2D eigenvalue weighted by Crippen LogP contribution is -2.39. The number of hydrogen-bond donors (Lipinski definition) is 0. The molecule has 7 nitrogen and oxygen atoms in total. The van der Waals surface area contributed by atoms with E-state index in [4.69, 9.17) is 14.2 Å². The molecule has 0 unspecified atom stereocenters. The number of ether oxygens (including phenoxy) is 3. The summed E-state index contributed by atoms with van der Waals surface area (Å²) in [6.45, 7) is 4.18. The van der Waals surface area contributed by atoms with Gasteiger partial charge in [0.15, 0.2) is 4.80 Å². The third-order valence-electron chi connectivity index (χ3n) is 7.46. The number of methoxy groups -OCH3 is 1. The Labute approximate surface area is 266 Å². The molecule has 0 radical (unpaired) electrons. The van der Waals surface area contributed by atoms with Gasteiger partial charge in [-0.25, -0.2) is 9.79 Å². The first-order valence-electron chi connectivity index (χ1n) is 14.1. The van der Waals surface area contributed by atoms with Crippen molar-refractivity contribution in [3.8, 4) is 11.5 Å². The standard InChI is InChI=1S/C35H29BrN2O5S/c1-4-42-34(40)31-21(2)37-35-38(32(31)24-14-17-29(41-3)28(36)19-24)33(39)30(44-35)18-22-12-15-26(16-13-22)43-20-25-10-7-9-23-8-5-6-11-27(23)25/h5-19,32H,4,20H2,1-3H3/b30-18+/t32-/m0/s1. The highest BCUT2D eigenvalue weighted by atomic mass is 79.9. The number of rotatable bonds is 8. The second kappa shape index (κ2) is 12.6. The number of carbonyl (C=O) groups excluding carboxylic acids is 1. The Hall–Kier alpha value is -4.47. The molecule has 0 fully saturated rings. The highest BCUT2D eigenvalue weighted by Gasteiger charge is 2.33. The van der Waals surface area contributed by atoms with Gasteiger partial charge in [0.1, 0.15) is 18.1 Å². The van der Waals surface area contributed by atoms with Crippen LogP contribution in [0.2, 0.25) is 0 Å². The molecule has 44 heavy (non-hydrogen) atoms. The quantitative estimate of drug-likeness (QED) is 0.181. The third kappa shape index (κ3) is 5.73. The van der Waals surface area contributed by atoms with E-state index in [-0.39, 0.29) is 12.2 Å². The van der Waals surface area contributed by atoms with E-state index in [9.17, 15) is 9.59 Å². The molecule has 0 aliphatic carbocycles. The Morgan fingerprint density at radius 3 is 2.57 bits per heavy atom. The van der Waals surface area contributed by atoms with Crippen LogP contribution in [0.25, 0.3) is 16.8 Å². The summed E-state index contributed by atoms with van der Waals surface area (Å²) in [5.74, 6) is 0.875. The van der Waals surface area contributed by atoms with E-state index in [1.807, 2.05) is 60.7 Å². The van der Waals surface area contributed by atoms with Gasteiger partial charge >= 0.3 is 5.97 Å². The maximum absolute atomic E-state index is 13.9. The van der Waals surface area contributed by atoms with E-state index in [0.717, 1.165) is 22.4 Å². The van der Waals surface area contributed by atoms with Gasteiger partial charge in [0, 0.05) is 0 Å². The minimum absolute atomic E-state index is 0.209. The van der Waals surface area contributed by atoms with Crippen LogP contribution in [0.5, 0.6) is 11.5 Å². The fourth-order valence-corrected chi connectivity index (χ4v) is 6.96. The molecule has 9 heteroatoms. The van der Waals surface area contributed by atoms with E-state index < -0.39 is 12.0 Å². The molecule has 1 aromatic heterocycles. The number of halogens is 1. The van der Waals surface area contributed by atoms with Crippen LogP contribution in [-0.2, 0) is 16.1 Å². The Kier molecular flexibility index (Phi) is 8.50. The topological polar surface area (TPSA) is 79.1 Å². The summed E-state index contributed by atoms with van der Waals surface area (Å²) in [6, 6.07) is 26.9. The summed E-state index contributed by atoms with van der Waals surface area (Å²) in [7, 11) is 1.58. The second-order valence-corrected chi connectivity index (χ2v) is 12.1. The van der Waals surface area contributed by atoms with Gasteiger partial charge in [0.2, 0.25) is 0 Å². The number of hydrogen-bond acceptors (Lipinski definition) is 7. The van der Waals surface area contributed by atoms with Crippen LogP contribution >= 0.6 is 27.3 Å². The molecule has 0 amide bonds. The molecule has 5 aromatic rings. The molecule has 1 atom stereocenters. The second-order valence-electron chi connectivity index (χ2n) is 10.2. The van der Waals surface area contributed by atoms with Crippen molar-refractivity contribution < 1.29 is 19.0 Å². The predicted molar refractivity (Wildman–Crippen MR) is 176 cm³/mol. The van der Waals surface area contributed by atoms with Gasteiger partial charge in [0.25, 0.3) is 5.56 Å². The van der Waals surface area contributed by atoms with Gasteiger partial charge in [-0.1, -0.05) is 72.0 Å². The first-order chi connectivity index (χ1) is 21.4. The van der Waals surface area contributed by atoms with Crippen LogP contribution in [0.15, 0.2) is 110 Å². The summed E-state index contributed by atoms with van der Waals surface area (Å²) in [5, 5.41) is 2.35. The van der Waals surface area contributed by atoms with Gasteiger partial charge in [-0.3, -0.25) is 9.36 Å². The van der Waals surface area contributed by atoms with E-state index in [1.54, 1.807) is 31.6 Å². The minimum Gasteiger partial charge on any atom is -0.496 e. The van der Waals surface area contributed by atoms with Crippen molar-refractivity contribution in [2.24, 2.45) is 4.99 Å². The number of carbonyl (C=O) groups is 1. The van der Waals surface area contributed by atoms with Crippen LogP contribution in [0.4, 0.5) is 0 Å². The van der Waals surface area contributed by atoms with Crippen LogP contribution in [0.1, 0.15) is 36.6 Å². The highest BCUT2D eigenvalue weighted by Crippen LogP contribution is 2.35. The van der Waals surface area contributed by atoms with Crippen LogP contribution in [0.3, 0.4) is 0 Å². The van der Waals surface area contributed by atoms with Gasteiger partial charge in [-0.05, 0) is 87.6 Å². The SMILES string of the molecule is CCOC(=O)C1=C(C)N=c2s/c(=C/c3ccc(OCc4cccc5ccccc45)cc3)c(=O)n2[C@H]1c1ccc(OC)c(Br)c1. The first kappa shape index (κ1) is 29.6. The monoisotopic (exact) mass is 668 g/mol. The third-order valence-corrected chi connectivity index (χ3v) is 9.06. The average Bonchev–Trinajstić information content (AvgIpc) is 3.33. The molecule has 4 aromatic carbocycles. The molecule has 6 rings (SSSR count). The zero-order valence-electron chi connectivity index (χ0n) is 24.4. The lowest BCUT2D eigenvalue weighted by molar-refractivity contribution is -0.139. The van der Waals surface area contributed by atoms with Crippen LogP contribution in [-0.4, -0.2) is 24.3 Å². The molecule has 0 spiro atoms. The zero-order valence-corrected chi connectivity index (χ0v) is 26.8. The summed E-state index contributed by atoms with van der Waals surface area (Å²) >= 11 is 4.83. The molecule has 0 saturated heterocycles. The molecular weight excluding hydrogens is 640 g/mol. The van der Waals surface area contributed by atoms with Gasteiger partial charge in [0.05, 0.1) is 40.0 Å². The molecule has 0 N–H and O–H groups in total. The van der Waals surface area contributed by atoms with Crippen LogP contribution in [0, 0.1) is 0 Å². The van der Waals surface area contributed by atoms with Crippen molar-refractivity contribution in [3.05, 3.63) is 137 Å². The molecule has 0 saturated carbocycles. The maximum atomic E-state index is 13.9. The van der Waals surface area contributed by atoms with Crippen molar-refractivity contribution >= 4 is 50.1 Å². The van der Waals surface area contributed by atoms with E-state index in [1.165, 1.54) is 22.1 Å². The number of thiazole rings is 1. The molecule has 0 bridgehead atoms. The van der Waals surface area contributed by atoms with Crippen molar-refractivity contribution in [2.75, 3.05) is 13.7 Å². The molecule has 222 valence electrons. The number of benzene rings is 4. The van der Waals surface area contributed by atoms with E-state index in [0.29, 0.717) is 37.4 Å². The smallest absolute Gasteiger partial charge is 0.338 e. The number of nitrogens with zero attached hydrogens (tertiary/aromatic N) is 2. The molecule has 1 aliphatic rings. The number of esters is 1. The van der Waals surface area contributed by atoms with E-state index >= 15 is 0 Å². The number of aromatic nitrogens is 1. The fraction of sp³-hybridized carbons (Fsp3) is 0.171. The Balaban J connectivity index is 1.33. The predicted octanol–water partition coefficient (Wildman–Crippen LogP) is 6.30. The Morgan fingerprint density at radius 2 is 1.82 bits per heavy atom. The average molecular weight is 670 g/mol. The van der Waals surface area contributed by atoms with Gasteiger partial charge in [-0.2, -0.15) is 0 Å². The summed E-state index contributed by atoms with van der Waals surface area (Å²) in [5.41, 5.74) is 3.30. The normalized spacial score (nSPS) is 14.7. The van der Waals surface area contributed by atoms with Crippen LogP contribution < -0.4 is 24.4 Å². The summed E-state index contributed by atoms with van der Waals surface area (Å²) in [4.78, 5) is 32.2. The lowest BCUT2D eigenvalue weighted by atomic mass is 9.96. The van der Waals surface area contributed by atoms with Crippen molar-refractivity contribution in [3.63, 3.8) is 0 Å². The zero-order chi connectivity index (χ0) is 30.8. The van der Waals surface area contributed by atoms with E-state index in [2.05, 4.69) is 45.2 Å². The Bertz CT molecular complexity index is 2090. The summed E-state index contributed by atoms with van der Waals surface area (Å²) in [6.07, 6.45) is 1.84. The lowest BCUT2D eigenvalue weighted by Gasteiger charge is -2.25. The number of fused-ring (bicyclic) bond motifs is 2.